The van der Waals surface area contributed by atoms with E-state index >= 15 is 0 Å². The van der Waals surface area contributed by atoms with Gasteiger partial charge in [-0.2, -0.15) is 5.10 Å². The Labute approximate surface area is 201 Å². The summed E-state index contributed by atoms with van der Waals surface area (Å²) in [6.07, 6.45) is 3.61. The number of rotatable bonds is 5. The van der Waals surface area contributed by atoms with Gasteiger partial charge in [-0.05, 0) is 67.7 Å². The van der Waals surface area contributed by atoms with Gasteiger partial charge < -0.3 is 0 Å². The maximum atomic E-state index is 14.3. The van der Waals surface area contributed by atoms with Crippen molar-refractivity contribution in [3.05, 3.63) is 88.3 Å². The first-order valence-corrected chi connectivity index (χ1v) is 11.7. The van der Waals surface area contributed by atoms with Crippen molar-refractivity contribution in [3.63, 3.8) is 0 Å². The number of aryl methyl sites for hydroxylation is 1. The molecule has 0 saturated carbocycles. The van der Waals surface area contributed by atoms with Crippen LogP contribution in [-0.2, 0) is 6.54 Å². The molecule has 0 aliphatic carbocycles. The Morgan fingerprint density at radius 1 is 1.06 bits per heavy atom. The minimum Gasteiger partial charge on any atom is -0.299 e. The number of aromatic nitrogens is 4. The molecule has 1 saturated heterocycles. The zero-order valence-electron chi connectivity index (χ0n) is 18.7. The highest BCUT2D eigenvalue weighted by Gasteiger charge is 2.24. The monoisotopic (exact) mass is 479 g/mol. The van der Waals surface area contributed by atoms with Crippen molar-refractivity contribution in [3.8, 4) is 22.6 Å². The van der Waals surface area contributed by atoms with Crippen LogP contribution in [0.5, 0.6) is 0 Å². The second kappa shape index (κ2) is 9.60. The molecule has 5 nitrogen and oxygen atoms in total. The first-order chi connectivity index (χ1) is 16.5. The Morgan fingerprint density at radius 3 is 2.53 bits per heavy atom. The number of pyridine rings is 1. The highest BCUT2D eigenvalue weighted by atomic mass is 35.5. The average Bonchev–Trinajstić information content (AvgIpc) is 3.31. The summed E-state index contributed by atoms with van der Waals surface area (Å²) in [7, 11) is 0. The van der Waals surface area contributed by atoms with Crippen LogP contribution in [0.4, 0.5) is 8.78 Å². The van der Waals surface area contributed by atoms with Crippen molar-refractivity contribution in [2.45, 2.75) is 32.2 Å². The minimum atomic E-state index is -0.554. The fourth-order valence-electron chi connectivity index (χ4n) is 4.57. The van der Waals surface area contributed by atoms with E-state index in [0.29, 0.717) is 33.6 Å². The summed E-state index contributed by atoms with van der Waals surface area (Å²) in [5.41, 5.74) is 3.62. The number of hydrogen-bond donors (Lipinski definition) is 1. The number of hydrogen-bond acceptors (Lipinski definition) is 4. The minimum absolute atomic E-state index is 0.323. The van der Waals surface area contributed by atoms with E-state index in [2.05, 4.69) is 25.1 Å². The quantitative estimate of drug-likeness (QED) is 0.373. The van der Waals surface area contributed by atoms with E-state index in [1.807, 2.05) is 24.3 Å². The van der Waals surface area contributed by atoms with Gasteiger partial charge in [-0.1, -0.05) is 35.9 Å². The van der Waals surface area contributed by atoms with Gasteiger partial charge in [-0.15, -0.1) is 0 Å². The van der Waals surface area contributed by atoms with E-state index in [-0.39, 0.29) is 0 Å². The van der Waals surface area contributed by atoms with Crippen LogP contribution in [0.1, 0.15) is 35.7 Å². The van der Waals surface area contributed by atoms with Crippen molar-refractivity contribution in [1.29, 1.82) is 0 Å². The second-order valence-corrected chi connectivity index (χ2v) is 9.17. The molecular formula is C26H24ClF2N5. The molecule has 0 radical (unpaired) electrons. The van der Waals surface area contributed by atoms with Gasteiger partial charge in [-0.3, -0.25) is 15.0 Å². The van der Waals surface area contributed by atoms with Crippen LogP contribution in [0.15, 0.2) is 54.7 Å². The van der Waals surface area contributed by atoms with E-state index < -0.39 is 11.6 Å². The number of aromatic amines is 1. The van der Waals surface area contributed by atoms with E-state index in [1.54, 1.807) is 25.3 Å². The van der Waals surface area contributed by atoms with Gasteiger partial charge >= 0.3 is 0 Å². The Hall–Kier alpha value is -3.16. The van der Waals surface area contributed by atoms with Crippen LogP contribution in [0, 0.1) is 18.6 Å². The topological polar surface area (TPSA) is 57.7 Å². The molecule has 1 aliphatic rings. The predicted octanol–water partition coefficient (Wildman–Crippen LogP) is 6.15. The van der Waals surface area contributed by atoms with E-state index in [4.69, 9.17) is 11.6 Å². The molecule has 2 aromatic carbocycles. The lowest BCUT2D eigenvalue weighted by molar-refractivity contribution is 0.202. The molecule has 0 bridgehead atoms. The van der Waals surface area contributed by atoms with Crippen LogP contribution >= 0.6 is 11.6 Å². The highest BCUT2D eigenvalue weighted by Crippen LogP contribution is 2.30. The molecule has 3 heterocycles. The molecule has 4 aromatic rings. The lowest BCUT2D eigenvalue weighted by Crippen LogP contribution is -2.32. The largest absolute Gasteiger partial charge is 0.299 e. The highest BCUT2D eigenvalue weighted by molar-refractivity contribution is 6.30. The van der Waals surface area contributed by atoms with Crippen LogP contribution in [0.2, 0.25) is 5.02 Å². The number of piperidine rings is 1. The third kappa shape index (κ3) is 4.86. The van der Waals surface area contributed by atoms with Crippen LogP contribution in [0.25, 0.3) is 22.6 Å². The summed E-state index contributed by atoms with van der Waals surface area (Å²) < 4.78 is 27.7. The molecule has 0 unspecified atom stereocenters. The lowest BCUT2D eigenvalue weighted by Gasteiger charge is -2.31. The molecule has 1 aliphatic heterocycles. The van der Waals surface area contributed by atoms with Crippen molar-refractivity contribution in [2.75, 3.05) is 13.1 Å². The SMILES string of the molecule is Cc1cc(F)cc(F)c1-c1ccc(CN2CCC(c3nc(-c4cc(Cl)ccn4)n[nH]3)CC2)cc1. The second-order valence-electron chi connectivity index (χ2n) is 8.73. The number of nitrogens with zero attached hydrogens (tertiary/aromatic N) is 4. The molecule has 0 spiro atoms. The van der Waals surface area contributed by atoms with Gasteiger partial charge in [0.2, 0.25) is 0 Å². The Kier molecular flexibility index (Phi) is 6.39. The summed E-state index contributed by atoms with van der Waals surface area (Å²) in [6.45, 7) is 4.45. The van der Waals surface area contributed by atoms with Crippen LogP contribution in [-0.4, -0.2) is 38.2 Å². The zero-order valence-corrected chi connectivity index (χ0v) is 19.5. The molecule has 1 N–H and O–H groups in total. The van der Waals surface area contributed by atoms with Gasteiger partial charge in [0.05, 0.1) is 0 Å². The standard InChI is InChI=1S/C26H24ClF2N5/c1-16-12-21(28)14-22(29)24(16)18-4-2-17(3-5-18)15-34-10-7-19(8-11-34)25-31-26(33-32-25)23-13-20(27)6-9-30-23/h2-6,9,12-14,19H,7-8,10-11,15H2,1H3,(H,31,32,33). The Morgan fingerprint density at radius 2 is 1.82 bits per heavy atom. The van der Waals surface area contributed by atoms with E-state index in [1.165, 1.54) is 6.07 Å². The zero-order chi connectivity index (χ0) is 23.7. The Bertz CT molecular complexity index is 1270. The summed E-state index contributed by atoms with van der Waals surface area (Å²) in [4.78, 5) is 11.4. The molecule has 5 rings (SSSR count). The summed E-state index contributed by atoms with van der Waals surface area (Å²) in [5, 5.41) is 8.00. The maximum absolute atomic E-state index is 14.3. The van der Waals surface area contributed by atoms with E-state index in [0.717, 1.165) is 55.5 Å². The van der Waals surface area contributed by atoms with Crippen molar-refractivity contribution >= 4 is 11.6 Å². The number of halogens is 3. The van der Waals surface area contributed by atoms with Crippen molar-refractivity contribution < 1.29 is 8.78 Å². The summed E-state index contributed by atoms with van der Waals surface area (Å²) in [6, 6.07) is 13.6. The molecule has 34 heavy (non-hydrogen) atoms. The first kappa shape index (κ1) is 22.6. The summed E-state index contributed by atoms with van der Waals surface area (Å²) in [5.74, 6) is 0.685. The van der Waals surface area contributed by atoms with Gasteiger partial charge in [0.1, 0.15) is 23.2 Å². The summed E-state index contributed by atoms with van der Waals surface area (Å²) >= 11 is 6.05. The smallest absolute Gasteiger partial charge is 0.199 e. The third-order valence-electron chi connectivity index (χ3n) is 6.33. The molecule has 0 atom stereocenters. The molecule has 8 heteroatoms. The molecule has 0 amide bonds. The molecular weight excluding hydrogens is 456 g/mol. The van der Waals surface area contributed by atoms with Gasteiger partial charge in [0, 0.05) is 35.3 Å². The predicted molar refractivity (Wildman–Crippen MR) is 128 cm³/mol. The van der Waals surface area contributed by atoms with E-state index in [9.17, 15) is 8.78 Å². The van der Waals surface area contributed by atoms with Gasteiger partial charge in [-0.25, -0.2) is 13.8 Å². The number of H-pyrrole nitrogens is 1. The van der Waals surface area contributed by atoms with Gasteiger partial charge in [0.25, 0.3) is 0 Å². The van der Waals surface area contributed by atoms with Crippen molar-refractivity contribution in [1.82, 2.24) is 25.1 Å². The average molecular weight is 480 g/mol. The van der Waals surface area contributed by atoms with Gasteiger partial charge in [0.15, 0.2) is 5.82 Å². The lowest BCUT2D eigenvalue weighted by atomic mass is 9.95. The van der Waals surface area contributed by atoms with Crippen LogP contribution in [0.3, 0.4) is 0 Å². The fraction of sp³-hybridized carbons (Fsp3) is 0.269. The Balaban J connectivity index is 1.19. The molecule has 1 fully saturated rings. The first-order valence-electron chi connectivity index (χ1n) is 11.3. The van der Waals surface area contributed by atoms with Crippen molar-refractivity contribution in [2.24, 2.45) is 0 Å². The molecule has 174 valence electrons. The van der Waals surface area contributed by atoms with Crippen LogP contribution < -0.4 is 0 Å². The number of likely N-dealkylation sites (tertiary alicyclic amines) is 1. The number of nitrogens with one attached hydrogen (secondary N) is 1. The number of benzene rings is 2. The molecule has 2 aromatic heterocycles. The normalized spacial score (nSPS) is 15.1. The fourth-order valence-corrected chi connectivity index (χ4v) is 4.73. The third-order valence-corrected chi connectivity index (χ3v) is 6.56. The maximum Gasteiger partial charge on any atom is 0.199 e.